The smallest absolute Gasteiger partial charge is 0.0499 e. The van der Waals surface area contributed by atoms with Crippen LogP contribution in [0.2, 0.25) is 5.02 Å². The fourth-order valence-electron chi connectivity index (χ4n) is 2.10. The number of aryl methyl sites for hydroxylation is 1. The van der Waals surface area contributed by atoms with E-state index in [1.807, 2.05) is 12.1 Å². The van der Waals surface area contributed by atoms with E-state index in [0.717, 1.165) is 31.0 Å². The van der Waals surface area contributed by atoms with Gasteiger partial charge >= 0.3 is 0 Å². The average Bonchev–Trinajstić information content (AvgIpc) is 2.38. The first kappa shape index (κ1) is 15.5. The van der Waals surface area contributed by atoms with Crippen molar-refractivity contribution in [1.29, 1.82) is 0 Å². The van der Waals surface area contributed by atoms with Crippen LogP contribution in [-0.4, -0.2) is 18.3 Å². The molecule has 0 aromatic heterocycles. The van der Waals surface area contributed by atoms with Gasteiger partial charge in [-0.15, -0.1) is 0 Å². The van der Waals surface area contributed by atoms with Gasteiger partial charge < -0.3 is 10.4 Å². The molecule has 0 saturated heterocycles. The zero-order chi connectivity index (χ0) is 13.6. The summed E-state index contributed by atoms with van der Waals surface area (Å²) in [6.07, 6.45) is 1.99. The Morgan fingerprint density at radius 1 is 1.28 bits per heavy atom. The van der Waals surface area contributed by atoms with E-state index in [0.29, 0.717) is 0 Å². The molecule has 3 heteroatoms. The van der Waals surface area contributed by atoms with Gasteiger partial charge in [0, 0.05) is 30.1 Å². The molecule has 18 heavy (non-hydrogen) atoms. The fourth-order valence-corrected chi connectivity index (χ4v) is 2.33. The summed E-state index contributed by atoms with van der Waals surface area (Å²) in [5.74, 6) is 0. The number of aliphatic hydroxyl groups is 1. The zero-order valence-corrected chi connectivity index (χ0v) is 12.3. The van der Waals surface area contributed by atoms with Crippen LogP contribution < -0.4 is 5.32 Å². The quantitative estimate of drug-likeness (QED) is 0.794. The molecule has 0 fully saturated rings. The third-order valence-electron chi connectivity index (χ3n) is 3.96. The minimum Gasteiger partial charge on any atom is -0.396 e. The number of benzene rings is 1. The maximum Gasteiger partial charge on any atom is 0.0499 e. The molecule has 0 radical (unpaired) electrons. The number of nitrogens with one attached hydrogen (secondary N) is 1. The Hall–Kier alpha value is -0.570. The second-order valence-corrected chi connectivity index (χ2v) is 5.48. The van der Waals surface area contributed by atoms with Crippen LogP contribution in [0, 0.1) is 12.3 Å². The Morgan fingerprint density at radius 3 is 2.44 bits per heavy atom. The maximum absolute atomic E-state index is 9.51. The molecule has 0 atom stereocenters. The van der Waals surface area contributed by atoms with E-state index in [1.165, 1.54) is 11.1 Å². The first-order valence-corrected chi connectivity index (χ1v) is 7.01. The van der Waals surface area contributed by atoms with E-state index in [-0.39, 0.29) is 12.0 Å². The summed E-state index contributed by atoms with van der Waals surface area (Å²) in [7, 11) is 0. The number of hydrogen-bond acceptors (Lipinski definition) is 2. The third kappa shape index (κ3) is 3.98. The second kappa shape index (κ2) is 7.13. The lowest BCUT2D eigenvalue weighted by molar-refractivity contribution is 0.113. The molecule has 0 spiro atoms. The van der Waals surface area contributed by atoms with Gasteiger partial charge in [0.1, 0.15) is 0 Å². The highest BCUT2D eigenvalue weighted by Gasteiger charge is 2.24. The Balaban J connectivity index is 2.55. The zero-order valence-electron chi connectivity index (χ0n) is 11.6. The molecule has 1 rings (SSSR count). The monoisotopic (exact) mass is 269 g/mol. The van der Waals surface area contributed by atoms with E-state index in [4.69, 9.17) is 11.6 Å². The van der Waals surface area contributed by atoms with Crippen molar-refractivity contribution in [2.45, 2.75) is 40.2 Å². The van der Waals surface area contributed by atoms with Gasteiger partial charge in [-0.25, -0.2) is 0 Å². The number of hydrogen-bond donors (Lipinski definition) is 2. The van der Waals surface area contributed by atoms with Gasteiger partial charge in [0.2, 0.25) is 0 Å². The van der Waals surface area contributed by atoms with Crippen LogP contribution in [0.3, 0.4) is 0 Å². The molecule has 0 unspecified atom stereocenters. The molecular weight excluding hydrogens is 246 g/mol. The standard InChI is InChI=1S/C15H24ClNO/c1-4-15(5-2,11-18)10-17-9-13-6-7-14(16)8-12(13)3/h6-8,17-18H,4-5,9-11H2,1-3H3. The molecule has 0 aliphatic heterocycles. The van der Waals surface area contributed by atoms with Gasteiger partial charge in [-0.1, -0.05) is 31.5 Å². The highest BCUT2D eigenvalue weighted by atomic mass is 35.5. The molecule has 0 saturated carbocycles. The molecule has 0 aliphatic rings. The Labute approximate surface area is 115 Å². The molecule has 0 heterocycles. The van der Waals surface area contributed by atoms with Crippen molar-refractivity contribution in [3.05, 3.63) is 34.3 Å². The van der Waals surface area contributed by atoms with Crippen LogP contribution in [0.1, 0.15) is 37.8 Å². The summed E-state index contributed by atoms with van der Waals surface area (Å²) in [5.41, 5.74) is 2.48. The Kier molecular flexibility index (Phi) is 6.13. The average molecular weight is 270 g/mol. The minimum atomic E-state index is 0.0142. The maximum atomic E-state index is 9.51. The van der Waals surface area contributed by atoms with E-state index in [2.05, 4.69) is 32.2 Å². The molecule has 102 valence electrons. The molecule has 0 aliphatic carbocycles. The fraction of sp³-hybridized carbons (Fsp3) is 0.600. The summed E-state index contributed by atoms with van der Waals surface area (Å²) in [5, 5.41) is 13.7. The van der Waals surface area contributed by atoms with Crippen molar-refractivity contribution >= 4 is 11.6 Å². The summed E-state index contributed by atoms with van der Waals surface area (Å²) in [4.78, 5) is 0. The second-order valence-electron chi connectivity index (χ2n) is 5.04. The van der Waals surface area contributed by atoms with Crippen molar-refractivity contribution < 1.29 is 5.11 Å². The van der Waals surface area contributed by atoms with Crippen LogP contribution >= 0.6 is 11.6 Å². The number of rotatable bonds is 7. The van der Waals surface area contributed by atoms with Crippen molar-refractivity contribution in [3.8, 4) is 0 Å². The Morgan fingerprint density at radius 2 is 1.94 bits per heavy atom. The molecule has 2 N–H and O–H groups in total. The van der Waals surface area contributed by atoms with Gasteiger partial charge in [0.15, 0.2) is 0 Å². The minimum absolute atomic E-state index is 0.0142. The lowest BCUT2D eigenvalue weighted by Gasteiger charge is -2.29. The molecule has 1 aromatic carbocycles. The highest BCUT2D eigenvalue weighted by molar-refractivity contribution is 6.30. The highest BCUT2D eigenvalue weighted by Crippen LogP contribution is 2.24. The lowest BCUT2D eigenvalue weighted by atomic mass is 9.83. The van der Waals surface area contributed by atoms with E-state index >= 15 is 0 Å². The van der Waals surface area contributed by atoms with Gasteiger partial charge in [-0.2, -0.15) is 0 Å². The van der Waals surface area contributed by atoms with Gasteiger partial charge in [-0.3, -0.25) is 0 Å². The number of halogens is 1. The summed E-state index contributed by atoms with van der Waals surface area (Å²) < 4.78 is 0. The van der Waals surface area contributed by atoms with Crippen molar-refractivity contribution in [2.24, 2.45) is 5.41 Å². The van der Waals surface area contributed by atoms with Crippen molar-refractivity contribution in [3.63, 3.8) is 0 Å². The molecule has 2 nitrogen and oxygen atoms in total. The van der Waals surface area contributed by atoms with Gasteiger partial charge in [-0.05, 0) is 43.0 Å². The summed E-state index contributed by atoms with van der Waals surface area (Å²) in [6.45, 7) is 8.25. The first-order chi connectivity index (χ1) is 8.56. The SMILES string of the molecule is CCC(CC)(CO)CNCc1ccc(Cl)cc1C. The molecule has 0 bridgehead atoms. The predicted molar refractivity (Wildman–Crippen MR) is 78.0 cm³/mol. The van der Waals surface area contributed by atoms with Crippen LogP contribution in [0.5, 0.6) is 0 Å². The normalized spacial score (nSPS) is 11.8. The van der Waals surface area contributed by atoms with Crippen LogP contribution in [0.4, 0.5) is 0 Å². The van der Waals surface area contributed by atoms with Gasteiger partial charge in [0.25, 0.3) is 0 Å². The largest absolute Gasteiger partial charge is 0.396 e. The van der Waals surface area contributed by atoms with Crippen molar-refractivity contribution in [1.82, 2.24) is 5.32 Å². The molecular formula is C15H24ClNO. The van der Waals surface area contributed by atoms with Crippen LogP contribution in [0.25, 0.3) is 0 Å². The van der Waals surface area contributed by atoms with Crippen molar-refractivity contribution in [2.75, 3.05) is 13.2 Å². The van der Waals surface area contributed by atoms with E-state index in [9.17, 15) is 5.11 Å². The lowest BCUT2D eigenvalue weighted by Crippen LogP contribution is -2.36. The van der Waals surface area contributed by atoms with Crippen LogP contribution in [0.15, 0.2) is 18.2 Å². The third-order valence-corrected chi connectivity index (χ3v) is 4.19. The summed E-state index contributed by atoms with van der Waals surface area (Å²) in [6, 6.07) is 5.96. The van der Waals surface area contributed by atoms with Gasteiger partial charge in [0.05, 0.1) is 0 Å². The first-order valence-electron chi connectivity index (χ1n) is 6.63. The predicted octanol–water partition coefficient (Wildman–Crippen LogP) is 3.54. The Bertz CT molecular complexity index is 366. The van der Waals surface area contributed by atoms with E-state index in [1.54, 1.807) is 0 Å². The van der Waals surface area contributed by atoms with E-state index < -0.39 is 0 Å². The molecule has 1 aromatic rings. The number of aliphatic hydroxyl groups excluding tert-OH is 1. The van der Waals surface area contributed by atoms with Crippen LogP contribution in [-0.2, 0) is 6.54 Å². The topological polar surface area (TPSA) is 32.3 Å². The summed E-state index contributed by atoms with van der Waals surface area (Å²) >= 11 is 5.94. The molecule has 0 amide bonds.